The van der Waals surface area contributed by atoms with Crippen molar-refractivity contribution in [2.45, 2.75) is 12.0 Å². The maximum absolute atomic E-state index is 13.4. The van der Waals surface area contributed by atoms with Gasteiger partial charge in [0.15, 0.2) is 5.54 Å². The number of nitrogens with one attached hydrogen (secondary N) is 1. The lowest BCUT2D eigenvalue weighted by Gasteiger charge is -2.28. The number of carbonyl (C=O) groups excluding carboxylic acids is 2. The standard InChI is InChI=1S/C27H18N2O3/c28-17-19-12-10-18(11-13-19)16-27(29-25(30)21-7-2-1-3-8-21)24-22-9-5-4-6-20(22)14-15-23(24)32-26(27)31/h1-15H,16H2,(H,29,30). The maximum Gasteiger partial charge on any atom is 0.342 e. The SMILES string of the molecule is N#Cc1ccc(CC2(NC(=O)c3ccccc3)C(=O)Oc3ccc4ccccc4c32)cc1. The van der Waals surface area contributed by atoms with Crippen LogP contribution in [0.3, 0.4) is 0 Å². The van der Waals surface area contributed by atoms with Crippen LogP contribution in [0.4, 0.5) is 0 Å². The molecule has 1 N–H and O–H groups in total. The Hall–Kier alpha value is -4.43. The first-order valence-electron chi connectivity index (χ1n) is 10.2. The van der Waals surface area contributed by atoms with E-state index in [0.717, 1.165) is 16.3 Å². The fourth-order valence-corrected chi connectivity index (χ4v) is 4.24. The van der Waals surface area contributed by atoms with Crippen molar-refractivity contribution in [1.82, 2.24) is 5.32 Å². The van der Waals surface area contributed by atoms with Gasteiger partial charge in [-0.2, -0.15) is 5.26 Å². The highest BCUT2D eigenvalue weighted by Gasteiger charge is 2.51. The largest absolute Gasteiger partial charge is 0.424 e. The summed E-state index contributed by atoms with van der Waals surface area (Å²) in [6, 6.07) is 29.3. The van der Waals surface area contributed by atoms with Gasteiger partial charge in [0.05, 0.1) is 11.6 Å². The lowest BCUT2D eigenvalue weighted by Crippen LogP contribution is -2.52. The molecule has 32 heavy (non-hydrogen) atoms. The van der Waals surface area contributed by atoms with Gasteiger partial charge in [0.2, 0.25) is 0 Å². The van der Waals surface area contributed by atoms with Crippen LogP contribution >= 0.6 is 0 Å². The third-order valence-corrected chi connectivity index (χ3v) is 5.78. The first-order chi connectivity index (χ1) is 15.6. The number of rotatable bonds is 4. The molecule has 0 aromatic heterocycles. The van der Waals surface area contributed by atoms with Crippen LogP contribution in [-0.4, -0.2) is 11.9 Å². The fourth-order valence-electron chi connectivity index (χ4n) is 4.24. The van der Waals surface area contributed by atoms with Crippen LogP contribution in [0.5, 0.6) is 5.75 Å². The van der Waals surface area contributed by atoms with Crippen LogP contribution in [0.15, 0.2) is 91.0 Å². The van der Waals surface area contributed by atoms with E-state index in [1.54, 1.807) is 54.6 Å². The molecule has 0 bridgehead atoms. The van der Waals surface area contributed by atoms with E-state index in [0.29, 0.717) is 22.4 Å². The van der Waals surface area contributed by atoms with Crippen molar-refractivity contribution in [3.05, 3.63) is 113 Å². The Morgan fingerprint density at radius 3 is 2.38 bits per heavy atom. The lowest BCUT2D eigenvalue weighted by atomic mass is 9.81. The summed E-state index contributed by atoms with van der Waals surface area (Å²) < 4.78 is 5.68. The highest BCUT2D eigenvalue weighted by Crippen LogP contribution is 2.44. The van der Waals surface area contributed by atoms with Crippen LogP contribution in [-0.2, 0) is 16.8 Å². The van der Waals surface area contributed by atoms with E-state index < -0.39 is 11.5 Å². The van der Waals surface area contributed by atoms with Gasteiger partial charge in [-0.15, -0.1) is 0 Å². The molecule has 1 unspecified atom stereocenters. The van der Waals surface area contributed by atoms with Crippen LogP contribution in [0, 0.1) is 11.3 Å². The van der Waals surface area contributed by atoms with Gasteiger partial charge in [-0.05, 0) is 46.7 Å². The van der Waals surface area contributed by atoms with Crippen molar-refractivity contribution < 1.29 is 14.3 Å². The molecule has 0 fully saturated rings. The van der Waals surface area contributed by atoms with Crippen molar-refractivity contribution in [2.24, 2.45) is 0 Å². The number of ether oxygens (including phenoxy) is 1. The molecule has 1 aliphatic heterocycles. The molecule has 0 aliphatic carbocycles. The molecule has 1 atom stereocenters. The summed E-state index contributed by atoms with van der Waals surface area (Å²) >= 11 is 0. The molecular weight excluding hydrogens is 400 g/mol. The number of nitriles is 1. The number of fused-ring (bicyclic) bond motifs is 3. The second kappa shape index (κ2) is 7.68. The molecule has 0 radical (unpaired) electrons. The highest BCUT2D eigenvalue weighted by atomic mass is 16.5. The van der Waals surface area contributed by atoms with Gasteiger partial charge in [0, 0.05) is 17.5 Å². The molecule has 154 valence electrons. The average Bonchev–Trinajstić information content (AvgIpc) is 3.11. The van der Waals surface area contributed by atoms with E-state index in [1.807, 2.05) is 36.4 Å². The van der Waals surface area contributed by atoms with Crippen LogP contribution in [0.2, 0.25) is 0 Å². The molecule has 1 aliphatic rings. The number of nitrogens with zero attached hydrogens (tertiary/aromatic N) is 1. The number of carbonyl (C=O) groups is 2. The van der Waals surface area contributed by atoms with E-state index in [-0.39, 0.29) is 12.3 Å². The summed E-state index contributed by atoms with van der Waals surface area (Å²) in [5.74, 6) is -0.454. The summed E-state index contributed by atoms with van der Waals surface area (Å²) in [5.41, 5.74) is 1.02. The Kier molecular flexibility index (Phi) is 4.68. The van der Waals surface area contributed by atoms with Crippen LogP contribution in [0.1, 0.15) is 27.0 Å². The Balaban J connectivity index is 1.68. The summed E-state index contributed by atoms with van der Waals surface area (Å²) in [7, 11) is 0. The second-order valence-corrected chi connectivity index (χ2v) is 7.76. The van der Waals surface area contributed by atoms with Gasteiger partial charge in [-0.3, -0.25) is 4.79 Å². The van der Waals surface area contributed by atoms with E-state index in [1.165, 1.54) is 0 Å². The summed E-state index contributed by atoms with van der Waals surface area (Å²) in [6.07, 6.45) is 0.192. The summed E-state index contributed by atoms with van der Waals surface area (Å²) in [6.45, 7) is 0. The highest BCUT2D eigenvalue weighted by molar-refractivity contribution is 6.05. The van der Waals surface area contributed by atoms with Gasteiger partial charge >= 0.3 is 5.97 Å². The average molecular weight is 418 g/mol. The van der Waals surface area contributed by atoms with E-state index in [4.69, 9.17) is 10.00 Å². The zero-order chi connectivity index (χ0) is 22.1. The number of amides is 1. The van der Waals surface area contributed by atoms with Gasteiger partial charge in [-0.1, -0.05) is 60.7 Å². The minimum Gasteiger partial charge on any atom is -0.424 e. The topological polar surface area (TPSA) is 79.2 Å². The second-order valence-electron chi connectivity index (χ2n) is 7.76. The van der Waals surface area contributed by atoms with E-state index in [2.05, 4.69) is 11.4 Å². The van der Waals surface area contributed by atoms with Crippen molar-refractivity contribution in [1.29, 1.82) is 5.26 Å². The van der Waals surface area contributed by atoms with Crippen LogP contribution in [0.25, 0.3) is 10.8 Å². The smallest absolute Gasteiger partial charge is 0.342 e. The minimum atomic E-state index is -1.41. The Morgan fingerprint density at radius 2 is 1.62 bits per heavy atom. The Bertz CT molecular complexity index is 1390. The Labute approximate surface area is 184 Å². The van der Waals surface area contributed by atoms with Gasteiger partial charge in [0.1, 0.15) is 5.75 Å². The third-order valence-electron chi connectivity index (χ3n) is 5.78. The molecular formula is C27H18N2O3. The van der Waals surface area contributed by atoms with Crippen molar-refractivity contribution in [3.8, 4) is 11.8 Å². The van der Waals surface area contributed by atoms with Gasteiger partial charge in [0.25, 0.3) is 5.91 Å². The lowest BCUT2D eigenvalue weighted by molar-refractivity contribution is -0.139. The van der Waals surface area contributed by atoms with Crippen molar-refractivity contribution in [2.75, 3.05) is 0 Å². The monoisotopic (exact) mass is 418 g/mol. The summed E-state index contributed by atoms with van der Waals surface area (Å²) in [4.78, 5) is 26.6. The normalized spacial score (nSPS) is 16.8. The van der Waals surface area contributed by atoms with Crippen molar-refractivity contribution in [3.63, 3.8) is 0 Å². The quantitative estimate of drug-likeness (QED) is 0.391. The first kappa shape index (κ1) is 19.5. The third kappa shape index (κ3) is 3.19. The molecule has 5 rings (SSSR count). The molecule has 4 aromatic rings. The fraction of sp³-hybridized carbons (Fsp3) is 0.0741. The zero-order valence-corrected chi connectivity index (χ0v) is 17.0. The van der Waals surface area contributed by atoms with E-state index >= 15 is 0 Å². The van der Waals surface area contributed by atoms with Crippen molar-refractivity contribution >= 4 is 22.6 Å². The maximum atomic E-state index is 13.4. The molecule has 1 amide bonds. The van der Waals surface area contributed by atoms with Gasteiger partial charge in [-0.25, -0.2) is 4.79 Å². The molecule has 0 spiro atoms. The predicted octanol–water partition coefficient (Wildman–Crippen LogP) is 4.50. The summed E-state index contributed by atoms with van der Waals surface area (Å²) in [5, 5.41) is 13.9. The molecule has 0 saturated heterocycles. The Morgan fingerprint density at radius 1 is 0.906 bits per heavy atom. The molecule has 5 nitrogen and oxygen atoms in total. The zero-order valence-electron chi connectivity index (χ0n) is 17.0. The number of esters is 1. The molecule has 0 saturated carbocycles. The number of hydrogen-bond donors (Lipinski definition) is 1. The molecule has 1 heterocycles. The molecule has 5 heteroatoms. The number of benzene rings is 4. The predicted molar refractivity (Wildman–Crippen MR) is 120 cm³/mol. The minimum absolute atomic E-state index is 0.192. The molecule has 4 aromatic carbocycles. The van der Waals surface area contributed by atoms with Gasteiger partial charge < -0.3 is 10.1 Å². The van der Waals surface area contributed by atoms with Crippen LogP contribution < -0.4 is 10.1 Å². The number of hydrogen-bond acceptors (Lipinski definition) is 4. The first-order valence-corrected chi connectivity index (χ1v) is 10.2. The van der Waals surface area contributed by atoms with E-state index in [9.17, 15) is 9.59 Å².